The zero-order valence-electron chi connectivity index (χ0n) is 6.80. The van der Waals surface area contributed by atoms with Crippen molar-refractivity contribution in [2.45, 2.75) is 0 Å². The van der Waals surface area contributed by atoms with E-state index in [2.05, 4.69) is 11.8 Å². The number of methoxy groups -OCH3 is 1. The standard InChI is InChI=1S/C10H9FO/c1-12-7-3-5-9-4-2-6-10(11)8-9/h2,4,6,8H,7H2,1H3. The Morgan fingerprint density at radius 2 is 2.33 bits per heavy atom. The second-order valence-corrected chi connectivity index (χ2v) is 2.25. The number of hydrogen-bond acceptors (Lipinski definition) is 1. The monoisotopic (exact) mass is 164 g/mol. The van der Waals surface area contributed by atoms with Crippen LogP contribution in [0.4, 0.5) is 4.39 Å². The van der Waals surface area contributed by atoms with Gasteiger partial charge in [0.2, 0.25) is 0 Å². The Bertz CT molecular complexity index is 309. The van der Waals surface area contributed by atoms with Crippen LogP contribution < -0.4 is 0 Å². The molecule has 0 saturated carbocycles. The molecule has 0 radical (unpaired) electrons. The van der Waals surface area contributed by atoms with Crippen LogP contribution >= 0.6 is 0 Å². The van der Waals surface area contributed by atoms with Crippen LogP contribution in [0, 0.1) is 17.7 Å². The van der Waals surface area contributed by atoms with Crippen LogP contribution in [-0.2, 0) is 4.74 Å². The first kappa shape index (κ1) is 8.76. The Hall–Kier alpha value is -1.33. The number of halogens is 1. The molecular formula is C10H9FO. The van der Waals surface area contributed by atoms with Crippen LogP contribution in [0.1, 0.15) is 5.56 Å². The normalized spacial score (nSPS) is 8.83. The third-order valence-electron chi connectivity index (χ3n) is 1.27. The lowest BCUT2D eigenvalue weighted by atomic mass is 10.2. The molecule has 0 aliphatic carbocycles. The molecule has 0 spiro atoms. The quantitative estimate of drug-likeness (QED) is 0.575. The predicted molar refractivity (Wildman–Crippen MR) is 45.2 cm³/mol. The lowest BCUT2D eigenvalue weighted by Crippen LogP contribution is -1.82. The van der Waals surface area contributed by atoms with Crippen LogP contribution in [0.25, 0.3) is 0 Å². The van der Waals surface area contributed by atoms with Gasteiger partial charge in [-0.2, -0.15) is 0 Å². The summed E-state index contributed by atoms with van der Waals surface area (Å²) >= 11 is 0. The number of benzene rings is 1. The van der Waals surface area contributed by atoms with Gasteiger partial charge in [-0.3, -0.25) is 0 Å². The summed E-state index contributed by atoms with van der Waals surface area (Å²) in [5.41, 5.74) is 0.673. The van der Waals surface area contributed by atoms with E-state index in [1.54, 1.807) is 19.2 Å². The zero-order chi connectivity index (χ0) is 8.81. The van der Waals surface area contributed by atoms with E-state index in [0.717, 1.165) is 0 Å². The molecule has 1 aromatic rings. The molecule has 1 rings (SSSR count). The van der Waals surface area contributed by atoms with Gasteiger partial charge in [0.1, 0.15) is 12.4 Å². The van der Waals surface area contributed by atoms with E-state index in [1.165, 1.54) is 12.1 Å². The Labute approximate surface area is 71.2 Å². The molecular weight excluding hydrogens is 155 g/mol. The first-order chi connectivity index (χ1) is 5.83. The molecule has 0 aliphatic heterocycles. The summed E-state index contributed by atoms with van der Waals surface area (Å²) < 4.78 is 17.3. The van der Waals surface area contributed by atoms with Crippen molar-refractivity contribution >= 4 is 0 Å². The van der Waals surface area contributed by atoms with Crippen molar-refractivity contribution in [1.29, 1.82) is 0 Å². The molecule has 62 valence electrons. The minimum atomic E-state index is -0.265. The summed E-state index contributed by atoms with van der Waals surface area (Å²) in [5, 5.41) is 0. The van der Waals surface area contributed by atoms with Crippen LogP contribution in [0.5, 0.6) is 0 Å². The highest BCUT2D eigenvalue weighted by atomic mass is 19.1. The second-order valence-electron chi connectivity index (χ2n) is 2.25. The van der Waals surface area contributed by atoms with Gasteiger partial charge in [0.25, 0.3) is 0 Å². The third-order valence-corrected chi connectivity index (χ3v) is 1.27. The topological polar surface area (TPSA) is 9.23 Å². The third kappa shape index (κ3) is 2.73. The summed E-state index contributed by atoms with van der Waals surface area (Å²) in [7, 11) is 1.57. The molecule has 0 aliphatic rings. The largest absolute Gasteiger partial charge is 0.372 e. The molecule has 0 atom stereocenters. The molecule has 1 aromatic carbocycles. The van der Waals surface area contributed by atoms with Crippen molar-refractivity contribution in [3.63, 3.8) is 0 Å². The Kier molecular flexibility index (Phi) is 3.31. The predicted octanol–water partition coefficient (Wildman–Crippen LogP) is 1.82. The zero-order valence-corrected chi connectivity index (χ0v) is 6.80. The van der Waals surface area contributed by atoms with Gasteiger partial charge in [-0.25, -0.2) is 4.39 Å². The van der Waals surface area contributed by atoms with Gasteiger partial charge in [0, 0.05) is 12.7 Å². The van der Waals surface area contributed by atoms with Gasteiger partial charge in [0.05, 0.1) is 0 Å². The summed E-state index contributed by atoms with van der Waals surface area (Å²) in [6.07, 6.45) is 0. The van der Waals surface area contributed by atoms with Gasteiger partial charge in [0.15, 0.2) is 0 Å². The molecule has 1 nitrogen and oxygen atoms in total. The van der Waals surface area contributed by atoms with Crippen LogP contribution in [0.2, 0.25) is 0 Å². The average molecular weight is 164 g/mol. The Morgan fingerprint density at radius 3 is 3.00 bits per heavy atom. The molecule has 12 heavy (non-hydrogen) atoms. The van der Waals surface area contributed by atoms with E-state index in [4.69, 9.17) is 4.74 Å². The number of rotatable bonds is 1. The van der Waals surface area contributed by atoms with Gasteiger partial charge in [-0.05, 0) is 18.2 Å². The van der Waals surface area contributed by atoms with E-state index in [-0.39, 0.29) is 5.82 Å². The molecule has 2 heteroatoms. The molecule has 0 saturated heterocycles. The first-order valence-electron chi connectivity index (χ1n) is 3.56. The van der Waals surface area contributed by atoms with E-state index in [0.29, 0.717) is 12.2 Å². The van der Waals surface area contributed by atoms with Crippen molar-refractivity contribution in [1.82, 2.24) is 0 Å². The highest BCUT2D eigenvalue weighted by Gasteiger charge is 1.88. The lowest BCUT2D eigenvalue weighted by molar-refractivity contribution is 0.240. The molecule has 0 aromatic heterocycles. The van der Waals surface area contributed by atoms with Crippen molar-refractivity contribution in [3.05, 3.63) is 35.6 Å². The van der Waals surface area contributed by atoms with Crippen molar-refractivity contribution in [2.24, 2.45) is 0 Å². The van der Waals surface area contributed by atoms with Crippen molar-refractivity contribution < 1.29 is 9.13 Å². The fourth-order valence-corrected chi connectivity index (χ4v) is 0.777. The summed E-state index contributed by atoms with van der Waals surface area (Å²) in [4.78, 5) is 0. The fourth-order valence-electron chi connectivity index (χ4n) is 0.777. The molecule has 0 bridgehead atoms. The maximum absolute atomic E-state index is 12.6. The smallest absolute Gasteiger partial charge is 0.124 e. The van der Waals surface area contributed by atoms with E-state index in [9.17, 15) is 4.39 Å². The maximum Gasteiger partial charge on any atom is 0.124 e. The highest BCUT2D eigenvalue weighted by molar-refractivity contribution is 5.34. The summed E-state index contributed by atoms with van der Waals surface area (Å²) in [6, 6.07) is 6.17. The van der Waals surface area contributed by atoms with Gasteiger partial charge >= 0.3 is 0 Å². The minimum absolute atomic E-state index is 0.265. The van der Waals surface area contributed by atoms with Crippen molar-refractivity contribution in [2.75, 3.05) is 13.7 Å². The highest BCUT2D eigenvalue weighted by Crippen LogP contribution is 2.00. The number of hydrogen-bond donors (Lipinski definition) is 0. The average Bonchev–Trinajstić information content (AvgIpc) is 2.05. The second kappa shape index (κ2) is 4.53. The SMILES string of the molecule is COCC#Cc1cccc(F)c1. The Balaban J connectivity index is 2.71. The van der Waals surface area contributed by atoms with E-state index in [1.807, 2.05) is 0 Å². The summed E-state index contributed by atoms with van der Waals surface area (Å²) in [5.74, 6) is 5.25. The lowest BCUT2D eigenvalue weighted by Gasteiger charge is -1.89. The van der Waals surface area contributed by atoms with Gasteiger partial charge < -0.3 is 4.74 Å². The van der Waals surface area contributed by atoms with Crippen LogP contribution in [0.15, 0.2) is 24.3 Å². The van der Waals surface area contributed by atoms with Crippen LogP contribution in [-0.4, -0.2) is 13.7 Å². The molecule has 0 unspecified atom stereocenters. The Morgan fingerprint density at radius 1 is 1.50 bits per heavy atom. The van der Waals surface area contributed by atoms with Gasteiger partial charge in [-0.1, -0.05) is 17.9 Å². The number of ether oxygens (including phenoxy) is 1. The molecule has 0 heterocycles. The van der Waals surface area contributed by atoms with Crippen LogP contribution in [0.3, 0.4) is 0 Å². The summed E-state index contributed by atoms with van der Waals surface area (Å²) in [6.45, 7) is 0.372. The van der Waals surface area contributed by atoms with Crippen molar-refractivity contribution in [3.8, 4) is 11.8 Å². The van der Waals surface area contributed by atoms with E-state index < -0.39 is 0 Å². The molecule has 0 fully saturated rings. The molecule has 0 amide bonds. The molecule has 0 N–H and O–H groups in total. The first-order valence-corrected chi connectivity index (χ1v) is 3.56. The minimum Gasteiger partial charge on any atom is -0.372 e. The van der Waals surface area contributed by atoms with Gasteiger partial charge in [-0.15, -0.1) is 0 Å². The van der Waals surface area contributed by atoms with E-state index >= 15 is 0 Å². The maximum atomic E-state index is 12.6. The fraction of sp³-hybridized carbons (Fsp3) is 0.200.